The van der Waals surface area contributed by atoms with E-state index in [0.717, 1.165) is 83.9 Å². The van der Waals surface area contributed by atoms with Gasteiger partial charge in [0.15, 0.2) is 0 Å². The summed E-state index contributed by atoms with van der Waals surface area (Å²) < 4.78 is 0. The number of rotatable bonds is 7. The summed E-state index contributed by atoms with van der Waals surface area (Å²) >= 11 is 2.91. The molecule has 6 heteroatoms. The van der Waals surface area contributed by atoms with Gasteiger partial charge in [0.25, 0.3) is 0 Å². The molecular weight excluding hydrogens is 484 g/mol. The van der Waals surface area contributed by atoms with Gasteiger partial charge in [0.05, 0.1) is 19.8 Å². The van der Waals surface area contributed by atoms with Crippen molar-refractivity contribution in [2.75, 3.05) is 10.6 Å². The molecule has 2 aliphatic carbocycles. The van der Waals surface area contributed by atoms with Crippen molar-refractivity contribution in [2.45, 2.75) is 51.4 Å². The minimum atomic E-state index is -0.347. The molecule has 0 bridgehead atoms. The van der Waals surface area contributed by atoms with Gasteiger partial charge in [-0.05, 0) is 97.9 Å². The van der Waals surface area contributed by atoms with E-state index in [4.69, 9.17) is 0 Å². The van der Waals surface area contributed by atoms with E-state index in [9.17, 15) is 9.59 Å². The highest BCUT2D eigenvalue weighted by Gasteiger charge is 2.33. The molecule has 0 atom stereocenters. The number of hydrogen-bond donors (Lipinski definition) is 2. The Morgan fingerprint density at radius 2 is 0.889 bits per heavy atom. The Morgan fingerprint density at radius 3 is 1.28 bits per heavy atom. The lowest BCUT2D eigenvalue weighted by molar-refractivity contribution is 0.0820. The van der Waals surface area contributed by atoms with Crippen LogP contribution < -0.4 is 10.6 Å². The fourth-order valence-electron chi connectivity index (χ4n) is 5.34. The second kappa shape index (κ2) is 10.0. The average molecular weight is 513 g/mol. The minimum Gasteiger partial charge on any atom is -0.347 e. The Kier molecular flexibility index (Phi) is 6.46. The van der Waals surface area contributed by atoms with E-state index in [1.165, 1.54) is 33.8 Å². The number of fused-ring (bicyclic) bond motifs is 2. The topological polar surface area (TPSA) is 58.2 Å². The van der Waals surface area contributed by atoms with E-state index < -0.39 is 0 Å². The highest BCUT2D eigenvalue weighted by molar-refractivity contribution is 7.21. The van der Waals surface area contributed by atoms with Crippen LogP contribution in [-0.2, 0) is 25.7 Å². The van der Waals surface area contributed by atoms with Gasteiger partial charge in [-0.25, -0.2) is 0 Å². The SMILES string of the molecule is O=C(C(=O)c1sc(Nc2ccccc2)c2c1CCCC2)c1sc(Nc2ccccc2)c2c1CCCC2. The Hall–Kier alpha value is -3.22. The molecule has 0 fully saturated rings. The zero-order valence-electron chi connectivity index (χ0n) is 20.1. The van der Waals surface area contributed by atoms with Gasteiger partial charge < -0.3 is 10.6 Å². The van der Waals surface area contributed by atoms with Crippen LogP contribution >= 0.6 is 22.7 Å². The molecular formula is C30H28N2O2S2. The van der Waals surface area contributed by atoms with Crippen LogP contribution in [0.15, 0.2) is 60.7 Å². The number of anilines is 4. The number of ketones is 2. The first-order valence-corrected chi connectivity index (χ1v) is 14.3. The van der Waals surface area contributed by atoms with Gasteiger partial charge in [-0.2, -0.15) is 0 Å². The molecule has 6 rings (SSSR count). The van der Waals surface area contributed by atoms with Gasteiger partial charge >= 0.3 is 0 Å². The molecule has 0 saturated carbocycles. The second-order valence-electron chi connectivity index (χ2n) is 9.49. The molecule has 2 aromatic carbocycles. The quantitative estimate of drug-likeness (QED) is 0.194. The second-order valence-corrected chi connectivity index (χ2v) is 11.5. The van der Waals surface area contributed by atoms with E-state index >= 15 is 0 Å². The number of nitrogens with one attached hydrogen (secondary N) is 2. The van der Waals surface area contributed by atoms with E-state index in [1.54, 1.807) is 0 Å². The van der Waals surface area contributed by atoms with Crippen molar-refractivity contribution in [3.8, 4) is 0 Å². The number of hydrogen-bond acceptors (Lipinski definition) is 6. The molecule has 0 aliphatic heterocycles. The molecule has 0 saturated heterocycles. The number of thiophene rings is 2. The van der Waals surface area contributed by atoms with Crippen LogP contribution in [0.2, 0.25) is 0 Å². The zero-order chi connectivity index (χ0) is 24.5. The van der Waals surface area contributed by atoms with Crippen molar-refractivity contribution < 1.29 is 9.59 Å². The van der Waals surface area contributed by atoms with Crippen LogP contribution in [0.1, 0.15) is 67.3 Å². The monoisotopic (exact) mass is 512 g/mol. The van der Waals surface area contributed by atoms with Crippen molar-refractivity contribution >= 4 is 55.6 Å². The summed E-state index contributed by atoms with van der Waals surface area (Å²) in [5, 5.41) is 9.04. The van der Waals surface area contributed by atoms with Crippen molar-refractivity contribution in [1.29, 1.82) is 0 Å². The van der Waals surface area contributed by atoms with Crippen LogP contribution in [0.3, 0.4) is 0 Å². The van der Waals surface area contributed by atoms with E-state index in [0.29, 0.717) is 9.75 Å². The smallest absolute Gasteiger partial charge is 0.244 e. The summed E-state index contributed by atoms with van der Waals surface area (Å²) in [5.41, 5.74) is 6.59. The largest absolute Gasteiger partial charge is 0.347 e. The number of Topliss-reactive ketones (excluding diaryl/α,β-unsaturated/α-hetero) is 2. The van der Waals surface area contributed by atoms with Crippen LogP contribution in [0, 0.1) is 0 Å². The summed E-state index contributed by atoms with van der Waals surface area (Å²) in [7, 11) is 0. The lowest BCUT2D eigenvalue weighted by Gasteiger charge is -2.15. The number of carbonyl (C=O) groups is 2. The van der Waals surface area contributed by atoms with Gasteiger partial charge in [0, 0.05) is 11.4 Å². The lowest BCUT2D eigenvalue weighted by atomic mass is 9.90. The highest BCUT2D eigenvalue weighted by atomic mass is 32.1. The van der Waals surface area contributed by atoms with Gasteiger partial charge in [0.1, 0.15) is 0 Å². The third-order valence-electron chi connectivity index (χ3n) is 7.12. The van der Waals surface area contributed by atoms with Gasteiger partial charge in [-0.1, -0.05) is 36.4 Å². The Balaban J connectivity index is 1.34. The number of carbonyl (C=O) groups excluding carboxylic acids is 2. The van der Waals surface area contributed by atoms with Crippen LogP contribution in [0.25, 0.3) is 0 Å². The van der Waals surface area contributed by atoms with E-state index in [2.05, 4.69) is 10.6 Å². The van der Waals surface area contributed by atoms with Gasteiger partial charge in [0.2, 0.25) is 11.6 Å². The lowest BCUT2D eigenvalue weighted by Crippen LogP contribution is -2.17. The van der Waals surface area contributed by atoms with Crippen molar-refractivity contribution in [3.63, 3.8) is 0 Å². The number of benzene rings is 2. The molecule has 2 heterocycles. The molecule has 4 aromatic rings. The zero-order valence-corrected chi connectivity index (χ0v) is 21.7. The Labute approximate surface area is 219 Å². The predicted molar refractivity (Wildman–Crippen MR) is 150 cm³/mol. The highest BCUT2D eigenvalue weighted by Crippen LogP contribution is 2.43. The molecule has 2 aromatic heterocycles. The number of para-hydroxylation sites is 2. The summed E-state index contributed by atoms with van der Waals surface area (Å²) in [6.07, 6.45) is 7.96. The van der Waals surface area contributed by atoms with Crippen molar-refractivity contribution in [2.24, 2.45) is 0 Å². The fraction of sp³-hybridized carbons (Fsp3) is 0.267. The molecule has 36 heavy (non-hydrogen) atoms. The summed E-state index contributed by atoms with van der Waals surface area (Å²) in [5.74, 6) is -0.694. The predicted octanol–water partition coefficient (Wildman–Crippen LogP) is 8.12. The Morgan fingerprint density at radius 1 is 0.528 bits per heavy atom. The minimum absolute atomic E-state index is 0.347. The Bertz CT molecular complexity index is 1310. The maximum Gasteiger partial charge on any atom is 0.244 e. The molecule has 2 N–H and O–H groups in total. The van der Waals surface area contributed by atoms with Crippen molar-refractivity contribution in [3.05, 3.63) is 92.7 Å². The summed E-state index contributed by atoms with van der Waals surface area (Å²) in [6, 6.07) is 20.1. The van der Waals surface area contributed by atoms with Crippen LogP contribution in [0.5, 0.6) is 0 Å². The standard InChI is InChI=1S/C30H28N2O2S2/c33-25(27-21-15-7-9-17-23(21)29(35-27)31-19-11-3-1-4-12-19)26(34)28-22-16-8-10-18-24(22)30(36-28)32-20-13-5-2-6-14-20/h1-6,11-14,31-32H,7-10,15-18H2. The van der Waals surface area contributed by atoms with Gasteiger partial charge in [-0.3, -0.25) is 9.59 Å². The molecule has 0 amide bonds. The maximum atomic E-state index is 13.8. The third kappa shape index (κ3) is 4.40. The van der Waals surface area contributed by atoms with Gasteiger partial charge in [-0.15, -0.1) is 22.7 Å². The summed E-state index contributed by atoms with van der Waals surface area (Å²) in [4.78, 5) is 28.8. The molecule has 4 nitrogen and oxygen atoms in total. The third-order valence-corrected chi connectivity index (χ3v) is 9.50. The van der Waals surface area contributed by atoms with E-state index in [1.807, 2.05) is 60.7 Å². The normalized spacial score (nSPS) is 14.6. The van der Waals surface area contributed by atoms with Crippen LogP contribution in [-0.4, -0.2) is 11.6 Å². The first-order valence-electron chi connectivity index (χ1n) is 12.7. The van der Waals surface area contributed by atoms with E-state index in [-0.39, 0.29) is 11.6 Å². The summed E-state index contributed by atoms with van der Waals surface area (Å²) in [6.45, 7) is 0. The van der Waals surface area contributed by atoms with Crippen molar-refractivity contribution in [1.82, 2.24) is 0 Å². The molecule has 182 valence electrons. The average Bonchev–Trinajstić information content (AvgIpc) is 3.48. The fourth-order valence-corrected chi connectivity index (χ4v) is 7.85. The maximum absolute atomic E-state index is 13.8. The first kappa shape index (κ1) is 23.2. The molecule has 0 unspecified atom stereocenters. The first-order chi connectivity index (χ1) is 17.7. The molecule has 0 spiro atoms. The molecule has 0 radical (unpaired) electrons. The molecule has 2 aliphatic rings. The van der Waals surface area contributed by atoms with Crippen LogP contribution in [0.4, 0.5) is 21.4 Å².